The molecule has 5 rings (SSSR count). The van der Waals surface area contributed by atoms with Gasteiger partial charge in [-0.1, -0.05) is 30.3 Å². The molecule has 4 aromatic rings. The minimum atomic E-state index is -3.21. The maximum absolute atomic E-state index is 13.0. The van der Waals surface area contributed by atoms with Crippen LogP contribution in [0.5, 0.6) is 11.5 Å². The van der Waals surface area contributed by atoms with Crippen molar-refractivity contribution in [2.24, 2.45) is 5.92 Å². The summed E-state index contributed by atoms with van der Waals surface area (Å²) in [7, 11) is 0.272. The van der Waals surface area contributed by atoms with Gasteiger partial charge in [0.2, 0.25) is 10.0 Å². The molecule has 0 radical (unpaired) electrons. The molecule has 1 unspecified atom stereocenters. The van der Waals surface area contributed by atoms with Gasteiger partial charge in [-0.25, -0.2) is 23.1 Å². The number of carbonyl (C=O) groups is 1. The molecule has 1 saturated carbocycles. The van der Waals surface area contributed by atoms with E-state index >= 15 is 0 Å². The summed E-state index contributed by atoms with van der Waals surface area (Å²) in [5.74, 6) is 1.68. The van der Waals surface area contributed by atoms with E-state index in [-0.39, 0.29) is 30.4 Å². The Bertz CT molecular complexity index is 1620. The van der Waals surface area contributed by atoms with Crippen LogP contribution in [0.3, 0.4) is 0 Å². The number of hydrogen-bond acceptors (Lipinski definition) is 8. The highest BCUT2D eigenvalue weighted by Crippen LogP contribution is 2.33. The SMILES string of the molecule is CNS(=O)(=O)C[C@H]1CC[C@H](N(C)c2ncnc3c2ccn3COC(=O)C(C)c2cccc(Oc3ccccc3)c2)CC1. The van der Waals surface area contributed by atoms with E-state index in [2.05, 4.69) is 19.6 Å². The van der Waals surface area contributed by atoms with Crippen molar-refractivity contribution < 1.29 is 22.7 Å². The van der Waals surface area contributed by atoms with Gasteiger partial charge in [-0.15, -0.1) is 0 Å². The molecule has 2 heterocycles. The average molecular weight is 592 g/mol. The summed E-state index contributed by atoms with van der Waals surface area (Å²) in [6, 6.07) is 19.1. The third-order valence-corrected chi connectivity index (χ3v) is 9.57. The monoisotopic (exact) mass is 591 g/mol. The van der Waals surface area contributed by atoms with Crippen LogP contribution < -0.4 is 14.4 Å². The van der Waals surface area contributed by atoms with Crippen LogP contribution in [0.15, 0.2) is 73.2 Å². The van der Waals surface area contributed by atoms with E-state index in [1.165, 1.54) is 13.4 Å². The third kappa shape index (κ3) is 6.91. The molecule has 1 atom stereocenters. The molecule has 2 aromatic carbocycles. The zero-order valence-electron chi connectivity index (χ0n) is 24.1. The second kappa shape index (κ2) is 12.9. The van der Waals surface area contributed by atoms with E-state index in [4.69, 9.17) is 9.47 Å². The largest absolute Gasteiger partial charge is 0.457 e. The molecule has 10 nitrogen and oxygen atoms in total. The topological polar surface area (TPSA) is 116 Å². The summed E-state index contributed by atoms with van der Waals surface area (Å²) in [5.41, 5.74) is 1.48. The number of hydrogen-bond donors (Lipinski definition) is 1. The highest BCUT2D eigenvalue weighted by Gasteiger charge is 2.28. The number of sulfonamides is 1. The number of ether oxygens (including phenoxy) is 2. The normalized spacial score (nSPS) is 18.0. The fourth-order valence-corrected chi connectivity index (χ4v) is 6.63. The number of aromatic nitrogens is 3. The van der Waals surface area contributed by atoms with E-state index in [0.717, 1.165) is 48.2 Å². The van der Waals surface area contributed by atoms with Crippen LogP contribution in [0.2, 0.25) is 0 Å². The van der Waals surface area contributed by atoms with Crippen molar-refractivity contribution in [3.05, 3.63) is 78.8 Å². The quantitative estimate of drug-likeness (QED) is 0.240. The van der Waals surface area contributed by atoms with Gasteiger partial charge >= 0.3 is 5.97 Å². The molecule has 0 bridgehead atoms. The number of rotatable bonds is 11. The Morgan fingerprint density at radius 1 is 1.05 bits per heavy atom. The molecule has 1 fully saturated rings. The number of anilines is 1. The lowest BCUT2D eigenvalue weighted by atomic mass is 9.86. The van der Waals surface area contributed by atoms with Crippen LogP contribution >= 0.6 is 0 Å². The summed E-state index contributed by atoms with van der Waals surface area (Å²) in [6.45, 7) is 1.84. The van der Waals surface area contributed by atoms with Crippen molar-refractivity contribution in [3.8, 4) is 11.5 Å². The molecular weight excluding hydrogens is 554 g/mol. The van der Waals surface area contributed by atoms with Crippen LogP contribution in [0.4, 0.5) is 5.82 Å². The Morgan fingerprint density at radius 2 is 1.79 bits per heavy atom. The minimum Gasteiger partial charge on any atom is -0.457 e. The lowest BCUT2D eigenvalue weighted by Gasteiger charge is -2.35. The molecule has 222 valence electrons. The lowest BCUT2D eigenvalue weighted by molar-refractivity contribution is -0.148. The predicted octanol–water partition coefficient (Wildman–Crippen LogP) is 5.07. The average Bonchev–Trinajstić information content (AvgIpc) is 3.43. The fourth-order valence-electron chi connectivity index (χ4n) is 5.51. The van der Waals surface area contributed by atoms with Crippen molar-refractivity contribution in [1.29, 1.82) is 0 Å². The minimum absolute atomic E-state index is 0.0259. The number of para-hydroxylation sites is 1. The molecule has 11 heteroatoms. The summed E-state index contributed by atoms with van der Waals surface area (Å²) < 4.78 is 39.7. The van der Waals surface area contributed by atoms with Crippen molar-refractivity contribution in [2.45, 2.75) is 51.3 Å². The van der Waals surface area contributed by atoms with Gasteiger partial charge < -0.3 is 14.4 Å². The highest BCUT2D eigenvalue weighted by molar-refractivity contribution is 7.89. The summed E-state index contributed by atoms with van der Waals surface area (Å²) in [6.07, 6.45) is 6.85. The van der Waals surface area contributed by atoms with Gasteiger partial charge in [-0.3, -0.25) is 9.36 Å². The smallest absolute Gasteiger partial charge is 0.314 e. The molecular formula is C31H37N5O5S. The third-order valence-electron chi connectivity index (χ3n) is 8.04. The second-order valence-electron chi connectivity index (χ2n) is 10.8. The number of esters is 1. The number of nitrogens with zero attached hydrogens (tertiary/aromatic N) is 4. The van der Waals surface area contributed by atoms with Gasteiger partial charge in [0, 0.05) is 19.3 Å². The standard InChI is InChI=1S/C31H37N5O5S/c1-22(24-8-7-11-27(18-24)41-26-9-5-4-6-10-26)31(37)40-21-36-17-16-28-29(33-20-34-30(28)36)35(3)25-14-12-23(13-15-25)19-42(38,39)32-2/h4-11,16-18,20,22-23,25,32H,12-15,19,21H2,1-3H3/t22?,23-,25-. The first-order valence-electron chi connectivity index (χ1n) is 14.2. The first-order valence-corrected chi connectivity index (χ1v) is 15.8. The van der Waals surface area contributed by atoms with Gasteiger partial charge in [-0.2, -0.15) is 0 Å². The van der Waals surface area contributed by atoms with E-state index < -0.39 is 15.9 Å². The van der Waals surface area contributed by atoms with Crippen LogP contribution in [0.1, 0.15) is 44.1 Å². The van der Waals surface area contributed by atoms with Crippen molar-refractivity contribution in [2.75, 3.05) is 24.7 Å². The molecule has 1 aliphatic carbocycles. The molecule has 0 saturated heterocycles. The van der Waals surface area contributed by atoms with Gasteiger partial charge in [0.1, 0.15) is 29.3 Å². The maximum atomic E-state index is 13.0. The van der Waals surface area contributed by atoms with Gasteiger partial charge in [0.25, 0.3) is 0 Å². The number of benzene rings is 2. The van der Waals surface area contributed by atoms with Gasteiger partial charge in [0.05, 0.1) is 17.1 Å². The molecule has 0 amide bonds. The number of fused-ring (bicyclic) bond motifs is 1. The van der Waals surface area contributed by atoms with Crippen LogP contribution in [-0.2, 0) is 26.3 Å². The lowest BCUT2D eigenvalue weighted by Crippen LogP contribution is -2.38. The fraction of sp³-hybridized carbons (Fsp3) is 0.387. The predicted molar refractivity (Wildman–Crippen MR) is 162 cm³/mol. The van der Waals surface area contributed by atoms with Crippen LogP contribution in [0.25, 0.3) is 11.0 Å². The van der Waals surface area contributed by atoms with Crippen molar-refractivity contribution in [1.82, 2.24) is 19.3 Å². The van der Waals surface area contributed by atoms with Crippen molar-refractivity contribution in [3.63, 3.8) is 0 Å². The molecule has 0 spiro atoms. The molecule has 0 aliphatic heterocycles. The molecule has 2 aromatic heterocycles. The Morgan fingerprint density at radius 3 is 2.52 bits per heavy atom. The summed E-state index contributed by atoms with van der Waals surface area (Å²) in [5, 5.41) is 0.870. The number of nitrogens with one attached hydrogen (secondary N) is 1. The Balaban J connectivity index is 1.21. The van der Waals surface area contributed by atoms with E-state index in [1.54, 1.807) is 4.57 Å². The van der Waals surface area contributed by atoms with E-state index in [9.17, 15) is 13.2 Å². The molecule has 1 aliphatic rings. The Kier molecular flexibility index (Phi) is 9.08. The van der Waals surface area contributed by atoms with Crippen LogP contribution in [-0.4, -0.2) is 54.8 Å². The molecule has 1 N–H and O–H groups in total. The highest BCUT2D eigenvalue weighted by atomic mass is 32.2. The van der Waals surface area contributed by atoms with Crippen LogP contribution in [0, 0.1) is 5.92 Å². The first-order chi connectivity index (χ1) is 20.2. The summed E-state index contributed by atoms with van der Waals surface area (Å²) >= 11 is 0. The first kappa shape index (κ1) is 29.5. The zero-order chi connectivity index (χ0) is 29.7. The zero-order valence-corrected chi connectivity index (χ0v) is 25.0. The second-order valence-corrected chi connectivity index (χ2v) is 12.8. The Hall–Kier alpha value is -3.96. The van der Waals surface area contributed by atoms with E-state index in [0.29, 0.717) is 11.4 Å². The van der Waals surface area contributed by atoms with Crippen molar-refractivity contribution >= 4 is 32.8 Å². The number of carbonyl (C=O) groups excluding carboxylic acids is 1. The maximum Gasteiger partial charge on any atom is 0.314 e. The molecule has 42 heavy (non-hydrogen) atoms. The van der Waals surface area contributed by atoms with Gasteiger partial charge in [0.15, 0.2) is 6.73 Å². The van der Waals surface area contributed by atoms with Gasteiger partial charge in [-0.05, 0) is 81.5 Å². The van der Waals surface area contributed by atoms with E-state index in [1.807, 2.05) is 80.8 Å². The summed E-state index contributed by atoms with van der Waals surface area (Å²) in [4.78, 5) is 24.2. The Labute approximate surface area is 246 Å².